The van der Waals surface area contributed by atoms with Crippen molar-refractivity contribution in [1.29, 1.82) is 0 Å². The molecule has 3 aliphatic heterocycles. The van der Waals surface area contributed by atoms with Crippen LogP contribution in [-0.2, 0) is 13.0 Å². The Labute approximate surface area is 198 Å². The summed E-state index contributed by atoms with van der Waals surface area (Å²) in [6.45, 7) is 3.88. The van der Waals surface area contributed by atoms with Gasteiger partial charge in [-0.25, -0.2) is 0 Å². The number of aromatic nitrogens is 3. The maximum atomic E-state index is 5.89. The predicted octanol–water partition coefficient (Wildman–Crippen LogP) is 5.59. The lowest BCUT2D eigenvalue weighted by Crippen LogP contribution is -2.16. The van der Waals surface area contributed by atoms with Crippen molar-refractivity contribution in [3.8, 4) is 39.8 Å². The fraction of sp³-hybridized carbons (Fsp3) is 0.214. The van der Waals surface area contributed by atoms with Gasteiger partial charge in [0.2, 0.25) is 0 Å². The van der Waals surface area contributed by atoms with Gasteiger partial charge in [-0.3, -0.25) is 0 Å². The maximum Gasteiger partial charge on any atom is 0.163 e. The molecule has 0 spiro atoms. The van der Waals surface area contributed by atoms with E-state index >= 15 is 0 Å². The molecular formula is C28H25N3O3. The highest BCUT2D eigenvalue weighted by Gasteiger charge is 2.23. The van der Waals surface area contributed by atoms with Crippen molar-refractivity contribution in [3.05, 3.63) is 78.0 Å². The number of pyridine rings is 1. The smallest absolute Gasteiger partial charge is 0.163 e. The fourth-order valence-electron chi connectivity index (χ4n) is 4.63. The summed E-state index contributed by atoms with van der Waals surface area (Å²) in [4.78, 5) is 0. The molecule has 6 heteroatoms. The summed E-state index contributed by atoms with van der Waals surface area (Å²) in [5.74, 6) is 2.35. The summed E-state index contributed by atoms with van der Waals surface area (Å²) in [6, 6.07) is 20.7. The van der Waals surface area contributed by atoms with Crippen LogP contribution >= 0.6 is 0 Å². The Morgan fingerprint density at radius 2 is 1.65 bits per heavy atom. The molecule has 0 amide bonds. The van der Waals surface area contributed by atoms with Gasteiger partial charge in [0.1, 0.15) is 30.4 Å². The van der Waals surface area contributed by atoms with Gasteiger partial charge in [-0.1, -0.05) is 49.4 Å². The lowest BCUT2D eigenvalue weighted by atomic mass is 10.00. The topological polar surface area (TPSA) is 58.4 Å². The molecule has 170 valence electrons. The van der Waals surface area contributed by atoms with Crippen LogP contribution in [0.2, 0.25) is 0 Å². The van der Waals surface area contributed by atoms with Crippen LogP contribution in [-0.4, -0.2) is 35.1 Å². The first-order valence-electron chi connectivity index (χ1n) is 11.5. The minimum absolute atomic E-state index is 0.539. The van der Waals surface area contributed by atoms with Gasteiger partial charge in [-0.05, 0) is 24.1 Å². The summed E-state index contributed by atoms with van der Waals surface area (Å²) in [7, 11) is 1.70. The highest BCUT2D eigenvalue weighted by molar-refractivity contribution is 5.99. The molecule has 0 saturated carbocycles. The van der Waals surface area contributed by atoms with Gasteiger partial charge in [-0.15, -0.1) is 10.2 Å². The number of hydrogen-bond acceptors (Lipinski definition) is 5. The van der Waals surface area contributed by atoms with Gasteiger partial charge in [0, 0.05) is 34.3 Å². The number of hydrogen-bond donors (Lipinski definition) is 0. The molecule has 6 nitrogen and oxygen atoms in total. The average molecular weight is 452 g/mol. The van der Waals surface area contributed by atoms with Crippen molar-refractivity contribution in [2.75, 3.05) is 20.3 Å². The van der Waals surface area contributed by atoms with Gasteiger partial charge in [0.05, 0.1) is 19.2 Å². The molecule has 0 saturated heterocycles. The first-order chi connectivity index (χ1) is 16.7. The van der Waals surface area contributed by atoms with E-state index in [2.05, 4.69) is 58.2 Å². The largest absolute Gasteiger partial charge is 0.496 e. The van der Waals surface area contributed by atoms with Gasteiger partial charge >= 0.3 is 0 Å². The normalized spacial score (nSPS) is 12.9. The average Bonchev–Trinajstić information content (AvgIpc) is 3.32. The van der Waals surface area contributed by atoms with E-state index in [0.717, 1.165) is 62.7 Å². The third-order valence-corrected chi connectivity index (χ3v) is 6.44. The zero-order chi connectivity index (χ0) is 23.1. The Balaban J connectivity index is 1.58. The molecule has 6 rings (SSSR count). The summed E-state index contributed by atoms with van der Waals surface area (Å²) >= 11 is 0. The van der Waals surface area contributed by atoms with Gasteiger partial charge in [0.25, 0.3) is 0 Å². The monoisotopic (exact) mass is 451 g/mol. The quantitative estimate of drug-likeness (QED) is 0.348. The van der Waals surface area contributed by atoms with E-state index in [-0.39, 0.29) is 0 Å². The second kappa shape index (κ2) is 8.37. The van der Waals surface area contributed by atoms with Gasteiger partial charge in [0.15, 0.2) is 11.5 Å². The number of nitrogens with zero attached hydrogens (tertiary/aromatic N) is 3. The minimum atomic E-state index is 0.539. The Morgan fingerprint density at radius 3 is 2.41 bits per heavy atom. The van der Waals surface area contributed by atoms with Crippen LogP contribution in [0, 0.1) is 0 Å². The zero-order valence-corrected chi connectivity index (χ0v) is 19.2. The molecule has 3 heterocycles. The van der Waals surface area contributed by atoms with E-state index in [0.29, 0.717) is 19.8 Å². The lowest BCUT2D eigenvalue weighted by Gasteiger charge is -2.22. The fourth-order valence-corrected chi connectivity index (χ4v) is 4.63. The van der Waals surface area contributed by atoms with Crippen LogP contribution in [0.15, 0.2) is 66.9 Å². The standard InChI is InChI=1S/C28H25N3O3/c1-3-18-8-10-19(11-9-18)27-22-17-31(16-20-6-4-5-7-24(20)32-2)23-15-26-25(33-12-13-34-26)14-21(23)28(22)30-29-27/h4-11,14-15,17H,3,12-13,16H2,1-2H3. The van der Waals surface area contributed by atoms with Crippen LogP contribution in [0.4, 0.5) is 0 Å². The molecule has 3 aromatic rings. The Kier molecular flexibility index (Phi) is 5.06. The van der Waals surface area contributed by atoms with E-state index in [4.69, 9.17) is 14.2 Å². The Morgan fingerprint density at radius 1 is 0.912 bits per heavy atom. The van der Waals surface area contributed by atoms with E-state index < -0.39 is 0 Å². The van der Waals surface area contributed by atoms with Crippen LogP contribution in [0.1, 0.15) is 18.1 Å². The van der Waals surface area contributed by atoms with Crippen LogP contribution in [0.25, 0.3) is 33.4 Å². The van der Waals surface area contributed by atoms with Gasteiger partial charge < -0.3 is 18.8 Å². The van der Waals surface area contributed by atoms with Crippen molar-refractivity contribution >= 4 is 10.9 Å². The Bertz CT molecular complexity index is 1460. The summed E-state index contributed by atoms with van der Waals surface area (Å²) in [5, 5.41) is 10.2. The number of fused-ring (bicyclic) bond motifs is 4. The molecule has 0 fully saturated rings. The number of ether oxygens (including phenoxy) is 3. The van der Waals surface area contributed by atoms with Crippen LogP contribution in [0.3, 0.4) is 0 Å². The Hall–Kier alpha value is -4.06. The van der Waals surface area contributed by atoms with E-state index in [1.54, 1.807) is 7.11 Å². The zero-order valence-electron chi connectivity index (χ0n) is 19.2. The number of methoxy groups -OCH3 is 1. The molecule has 0 atom stereocenters. The van der Waals surface area contributed by atoms with Crippen LogP contribution < -0.4 is 14.2 Å². The molecule has 3 aliphatic rings. The van der Waals surface area contributed by atoms with Crippen molar-refractivity contribution in [2.45, 2.75) is 19.9 Å². The first-order valence-corrected chi connectivity index (χ1v) is 11.5. The summed E-state index contributed by atoms with van der Waals surface area (Å²) in [6.07, 6.45) is 3.15. The second-order valence-corrected chi connectivity index (χ2v) is 8.44. The molecule has 0 aromatic heterocycles. The first kappa shape index (κ1) is 20.5. The number of aryl methyl sites for hydroxylation is 1. The molecule has 0 aliphatic carbocycles. The molecule has 0 bridgehead atoms. The maximum absolute atomic E-state index is 5.89. The molecule has 34 heavy (non-hydrogen) atoms. The van der Waals surface area contributed by atoms with Crippen molar-refractivity contribution in [3.63, 3.8) is 0 Å². The predicted molar refractivity (Wildman–Crippen MR) is 132 cm³/mol. The van der Waals surface area contributed by atoms with E-state index in [1.807, 2.05) is 30.3 Å². The number of benzene rings is 3. The lowest BCUT2D eigenvalue weighted by molar-refractivity contribution is 0.172. The van der Waals surface area contributed by atoms with Crippen molar-refractivity contribution in [2.24, 2.45) is 0 Å². The SMILES string of the molecule is CCc1ccc(-c2nnc3c4cc5c(cc4n(Cc4ccccc4OC)cc2-3)OCCO5)cc1. The third kappa shape index (κ3) is 3.43. The van der Waals surface area contributed by atoms with E-state index in [1.165, 1.54) is 5.56 Å². The summed E-state index contributed by atoms with van der Waals surface area (Å²) in [5.41, 5.74) is 7.19. The van der Waals surface area contributed by atoms with E-state index in [9.17, 15) is 0 Å². The molecule has 0 N–H and O–H groups in total. The highest BCUT2D eigenvalue weighted by atomic mass is 16.6. The number of para-hydroxylation sites is 1. The summed E-state index contributed by atoms with van der Waals surface area (Å²) < 4.78 is 19.6. The molecular weight excluding hydrogens is 426 g/mol. The second-order valence-electron chi connectivity index (χ2n) is 8.44. The van der Waals surface area contributed by atoms with Crippen LogP contribution in [0.5, 0.6) is 17.2 Å². The number of rotatable bonds is 5. The molecule has 3 aromatic carbocycles. The third-order valence-electron chi connectivity index (χ3n) is 6.44. The van der Waals surface area contributed by atoms with Crippen molar-refractivity contribution < 1.29 is 14.2 Å². The minimum Gasteiger partial charge on any atom is -0.496 e. The molecule has 0 unspecified atom stereocenters. The highest BCUT2D eigenvalue weighted by Crippen LogP contribution is 2.42. The van der Waals surface area contributed by atoms with Crippen molar-refractivity contribution in [1.82, 2.24) is 14.8 Å². The molecule has 0 radical (unpaired) electrons. The van der Waals surface area contributed by atoms with Gasteiger partial charge in [-0.2, -0.15) is 0 Å².